The van der Waals surface area contributed by atoms with Crippen LogP contribution in [0.25, 0.3) is 89.3 Å². The lowest BCUT2D eigenvalue weighted by Crippen LogP contribution is -2.13. The molecule has 0 amide bonds. The summed E-state index contributed by atoms with van der Waals surface area (Å²) < 4.78 is 0. The molecule has 0 atom stereocenters. The maximum Gasteiger partial charge on any atom is 0.203 e. The number of imidazole rings is 8. The van der Waals surface area contributed by atoms with Crippen LogP contribution in [0, 0.1) is 0 Å². The summed E-state index contributed by atoms with van der Waals surface area (Å²) in [7, 11) is 0. The van der Waals surface area contributed by atoms with Crippen LogP contribution >= 0.6 is 0 Å². The molecule has 544 valence electrons. The van der Waals surface area contributed by atoms with Crippen LogP contribution in [0.5, 0.6) is 0 Å². The van der Waals surface area contributed by atoms with Crippen molar-refractivity contribution in [2.75, 3.05) is 0 Å². The first-order valence-corrected chi connectivity index (χ1v) is 34.4. The average Bonchev–Trinajstić information content (AvgIpc) is 1.75. The summed E-state index contributed by atoms with van der Waals surface area (Å²) in [5.41, 5.74) is 13.9. The second-order valence-electron chi connectivity index (χ2n) is 33.1. The summed E-state index contributed by atoms with van der Waals surface area (Å²) in [6.45, 7) is 50.8. The lowest BCUT2D eigenvalue weighted by Gasteiger charge is -2.13. The molecule has 0 fully saturated rings. The number of nitrogens with zero attached hydrogens (tertiary/aromatic N) is 21. The number of pyridine rings is 2. The molecule has 0 unspecified atom stereocenters. The Morgan fingerprint density at radius 3 is 1.06 bits per heavy atom. The van der Waals surface area contributed by atoms with Crippen molar-refractivity contribution in [1.82, 2.24) is 145 Å². The van der Waals surface area contributed by atoms with Crippen LogP contribution in [0.2, 0.25) is 0 Å². The first kappa shape index (κ1) is 76.8. The molecule has 0 saturated carbocycles. The van der Waals surface area contributed by atoms with E-state index in [1.165, 1.54) is 6.33 Å². The third-order valence-electron chi connectivity index (χ3n) is 15.3. The topological polar surface area (TPSA) is 397 Å². The number of rotatable bonds is 0. The summed E-state index contributed by atoms with van der Waals surface area (Å²) >= 11 is 0. The number of para-hydroxylation sites is 2. The Labute approximate surface area is 604 Å². The zero-order valence-corrected chi connectivity index (χ0v) is 64.4. The monoisotopic (exact) mass is 1410 g/mol. The molecule has 15 heterocycles. The van der Waals surface area contributed by atoms with Crippen molar-refractivity contribution in [2.45, 2.75) is 209 Å². The van der Waals surface area contributed by atoms with Gasteiger partial charge in [-0.3, -0.25) is 4.98 Å². The second kappa shape index (κ2) is 30.7. The van der Waals surface area contributed by atoms with Gasteiger partial charge in [-0.05, 0) is 41.6 Å². The SMILES string of the molecule is CC(C)(C)c1nc2ccccc2[nH]1.CC(C)(C)c1nc2ccncc2[nH]1.CC(C)(C)c1nc2ncccc2[nH]1.CC(C)(C)c1nc2nccnc2[nH]1.CC(C)(C)c1nc2nccnc2[nH]1.CC(C)(C)c1nc2ncncc2[nH]1.CC(C)(C)c1nc2nnccc2[nH]1.CC(C)(C)c1nc2nnncc2[nH]1. The van der Waals surface area contributed by atoms with Crippen LogP contribution in [0.3, 0.4) is 0 Å². The van der Waals surface area contributed by atoms with Gasteiger partial charge in [0.05, 0.1) is 57.9 Å². The van der Waals surface area contributed by atoms with Gasteiger partial charge < -0.3 is 39.9 Å². The molecular formula is C75H99N29. The van der Waals surface area contributed by atoms with Crippen LogP contribution in [0.1, 0.15) is 213 Å². The molecule has 8 N–H and O–H groups in total. The van der Waals surface area contributed by atoms with Crippen LogP contribution in [0.4, 0.5) is 0 Å². The molecule has 0 aliphatic rings. The number of H-pyrrole nitrogens is 8. The summed E-state index contributed by atoms with van der Waals surface area (Å²) in [4.78, 5) is 93.6. The van der Waals surface area contributed by atoms with E-state index in [9.17, 15) is 0 Å². The molecule has 0 saturated heterocycles. The van der Waals surface area contributed by atoms with Crippen molar-refractivity contribution in [3.05, 3.63) is 163 Å². The van der Waals surface area contributed by atoms with E-state index in [0.717, 1.165) is 113 Å². The maximum absolute atomic E-state index is 4.53. The fourth-order valence-electron chi connectivity index (χ4n) is 9.21. The number of fused-ring (bicyclic) bond motifs is 8. The van der Waals surface area contributed by atoms with E-state index in [1.807, 2.05) is 42.5 Å². The average molecular weight is 1410 g/mol. The molecule has 29 nitrogen and oxygen atoms in total. The van der Waals surface area contributed by atoms with Gasteiger partial charge in [0.1, 0.15) is 64.0 Å². The van der Waals surface area contributed by atoms with Gasteiger partial charge in [-0.1, -0.05) is 178 Å². The van der Waals surface area contributed by atoms with Gasteiger partial charge in [-0.25, -0.2) is 74.8 Å². The van der Waals surface area contributed by atoms with Gasteiger partial charge in [-0.15, -0.1) is 15.3 Å². The summed E-state index contributed by atoms with van der Waals surface area (Å²) in [6.07, 6.45) is 18.5. The van der Waals surface area contributed by atoms with Crippen molar-refractivity contribution < 1.29 is 0 Å². The minimum atomic E-state index is 0.000694. The summed E-state index contributed by atoms with van der Waals surface area (Å²) in [6, 6.07) is 15.8. The molecule has 15 aromatic heterocycles. The number of aromatic nitrogens is 29. The van der Waals surface area contributed by atoms with Crippen molar-refractivity contribution in [2.24, 2.45) is 0 Å². The Morgan fingerprint density at radius 1 is 0.240 bits per heavy atom. The van der Waals surface area contributed by atoms with E-state index >= 15 is 0 Å². The molecule has 0 aliphatic heterocycles. The van der Waals surface area contributed by atoms with Crippen molar-refractivity contribution in [3.63, 3.8) is 0 Å². The smallest absolute Gasteiger partial charge is 0.203 e. The van der Waals surface area contributed by atoms with Crippen molar-refractivity contribution >= 4 is 89.3 Å². The Balaban J connectivity index is 0.000000138. The Hall–Kier alpha value is -11.4. The zero-order chi connectivity index (χ0) is 75.8. The van der Waals surface area contributed by atoms with Gasteiger partial charge in [0.15, 0.2) is 39.5 Å². The Morgan fingerprint density at radius 2 is 0.606 bits per heavy atom. The van der Waals surface area contributed by atoms with E-state index in [2.05, 4.69) is 317 Å². The van der Waals surface area contributed by atoms with Gasteiger partial charge in [0.2, 0.25) is 5.65 Å². The molecule has 104 heavy (non-hydrogen) atoms. The normalized spacial score (nSPS) is 12.2. The fraction of sp³-hybridized carbons (Fsp3) is 0.427. The largest absolute Gasteiger partial charge is 0.342 e. The minimum absolute atomic E-state index is 0.000694. The van der Waals surface area contributed by atoms with E-state index in [4.69, 9.17) is 0 Å². The van der Waals surface area contributed by atoms with Crippen LogP contribution in [-0.2, 0) is 43.3 Å². The number of nitrogens with one attached hydrogen (secondary N) is 8. The first-order chi connectivity index (χ1) is 48.6. The van der Waals surface area contributed by atoms with Crippen LogP contribution in [0.15, 0.2) is 117 Å². The zero-order valence-electron chi connectivity index (χ0n) is 64.4. The molecule has 1 aromatic carbocycles. The molecule has 0 spiro atoms. The fourth-order valence-corrected chi connectivity index (χ4v) is 9.21. The van der Waals surface area contributed by atoms with E-state index in [0.29, 0.717) is 22.6 Å². The lowest BCUT2D eigenvalue weighted by atomic mass is 9.96. The minimum Gasteiger partial charge on any atom is -0.342 e. The highest BCUT2D eigenvalue weighted by Gasteiger charge is 2.25. The standard InChI is InChI=1S/C11H14N2.2C10H13N3.4C9H12N4.C8H11N5/c1-11(2,3)10-12-8-6-4-5-7-9(8)13-10;1-10(2,3)9-12-7-4-5-11-6-8(7)13-9;1-10(2,3)9-12-7-5-4-6-11-8(7)13-9;1-9(2,3)8-12-6-4-10-5-11-7(6)13-8;2*1-9(2,3)8-12-6-7(13-8)11-5-4-10-6;1-9(2,3)8-11-6-4-5-10-13-7(6)12-8;1-8(2,3)7-10-5-4-9-13-12-6(5)11-7/h4-7H,1-3H3,(H,12,13);4-6H,1-3H3,(H,12,13);4-6H,1-3H3,(H,11,12,13);3*4-5H,1-3H3,(H,10,11,12,13);4-5H,1-3H3,(H,11,12,13);4H,1-3H3,(H,9,10,11,12). The Bertz CT molecular complexity index is 4140. The molecule has 0 radical (unpaired) electrons. The van der Waals surface area contributed by atoms with Gasteiger partial charge in [0.25, 0.3) is 0 Å². The van der Waals surface area contributed by atoms with Gasteiger partial charge >= 0.3 is 0 Å². The van der Waals surface area contributed by atoms with Gasteiger partial charge in [-0.2, -0.15) is 5.10 Å². The number of hydrogen-bond donors (Lipinski definition) is 8. The predicted octanol–water partition coefficient (Wildman–Crippen LogP) is 15.0. The number of benzene rings is 1. The van der Waals surface area contributed by atoms with Crippen molar-refractivity contribution in [3.8, 4) is 0 Å². The molecule has 16 aromatic rings. The highest BCUT2D eigenvalue weighted by atomic mass is 15.3. The highest BCUT2D eigenvalue weighted by molar-refractivity contribution is 5.76. The quantitative estimate of drug-likeness (QED) is 0.0699. The van der Waals surface area contributed by atoms with Crippen molar-refractivity contribution in [1.29, 1.82) is 0 Å². The maximum atomic E-state index is 4.53. The third-order valence-corrected chi connectivity index (χ3v) is 15.3. The summed E-state index contributed by atoms with van der Waals surface area (Å²) in [5.74, 6) is 7.70. The van der Waals surface area contributed by atoms with Crippen LogP contribution < -0.4 is 0 Å². The lowest BCUT2D eigenvalue weighted by molar-refractivity contribution is 0.554. The Kier molecular flexibility index (Phi) is 22.6. The molecule has 29 heteroatoms. The molecule has 0 bridgehead atoms. The molecule has 16 rings (SSSR count). The van der Waals surface area contributed by atoms with E-state index in [-0.39, 0.29) is 43.3 Å². The predicted molar refractivity (Wildman–Crippen MR) is 410 cm³/mol. The number of aromatic amines is 8. The molecular weight excluding hydrogens is 1310 g/mol. The third kappa shape index (κ3) is 20.5. The summed E-state index contributed by atoms with van der Waals surface area (Å²) in [5, 5.41) is 18.7. The number of hydrogen-bond acceptors (Lipinski definition) is 21. The van der Waals surface area contributed by atoms with E-state index in [1.54, 1.807) is 62.0 Å². The van der Waals surface area contributed by atoms with E-state index < -0.39 is 0 Å². The first-order valence-electron chi connectivity index (χ1n) is 34.4. The second-order valence-corrected chi connectivity index (χ2v) is 33.1. The van der Waals surface area contributed by atoms with Gasteiger partial charge in [0, 0.05) is 80.5 Å². The molecule has 0 aliphatic carbocycles. The highest BCUT2D eigenvalue weighted by Crippen LogP contribution is 2.28. The van der Waals surface area contributed by atoms with Crippen LogP contribution in [-0.4, -0.2) is 145 Å².